The van der Waals surface area contributed by atoms with E-state index in [9.17, 15) is 18.0 Å². The highest BCUT2D eigenvalue weighted by molar-refractivity contribution is 9.10. The van der Waals surface area contributed by atoms with Gasteiger partial charge in [0.1, 0.15) is 0 Å². The van der Waals surface area contributed by atoms with E-state index in [2.05, 4.69) is 33.1 Å². The van der Waals surface area contributed by atoms with Crippen molar-refractivity contribution in [2.75, 3.05) is 0 Å². The van der Waals surface area contributed by atoms with Gasteiger partial charge >= 0.3 is 6.18 Å². The second-order valence-electron chi connectivity index (χ2n) is 2.70. The second-order valence-corrected chi connectivity index (χ2v) is 3.79. The van der Waals surface area contributed by atoms with Crippen molar-refractivity contribution in [2.24, 2.45) is 4.99 Å². The number of isothiocyanates is 1. The molecule has 1 aromatic carbocycles. The molecule has 0 aliphatic heterocycles. The Morgan fingerprint density at radius 2 is 2.06 bits per heavy atom. The molecule has 0 spiro atoms. The van der Waals surface area contributed by atoms with Crippen molar-refractivity contribution in [1.29, 1.82) is 0 Å². The monoisotopic (exact) mass is 309 g/mol. The molecule has 0 saturated carbocycles. The lowest BCUT2D eigenvalue weighted by Crippen LogP contribution is -2.12. The minimum atomic E-state index is -4.62. The third-order valence-electron chi connectivity index (χ3n) is 1.66. The molecule has 0 fully saturated rings. The molecule has 0 aromatic heterocycles. The fourth-order valence-electron chi connectivity index (χ4n) is 1.04. The van der Waals surface area contributed by atoms with Gasteiger partial charge in [-0.15, -0.1) is 0 Å². The third-order valence-corrected chi connectivity index (χ3v) is 2.25. The molecule has 2 nitrogen and oxygen atoms in total. The molecule has 1 aromatic rings. The Morgan fingerprint density at radius 1 is 1.44 bits per heavy atom. The number of rotatable bonds is 1. The summed E-state index contributed by atoms with van der Waals surface area (Å²) in [6.07, 6.45) is -4.62. The van der Waals surface area contributed by atoms with Gasteiger partial charge in [-0.25, -0.2) is 0 Å². The van der Waals surface area contributed by atoms with Crippen LogP contribution in [0.25, 0.3) is 0 Å². The van der Waals surface area contributed by atoms with Crippen LogP contribution in [0.3, 0.4) is 0 Å². The number of nitrogens with zero attached hydrogens (tertiary/aromatic N) is 1. The predicted octanol–water partition coefficient (Wildman–Crippen LogP) is 3.71. The zero-order valence-corrected chi connectivity index (χ0v) is 9.91. The molecule has 0 heterocycles. The number of amides is 1. The van der Waals surface area contributed by atoms with E-state index in [1.54, 1.807) is 5.16 Å². The zero-order valence-electron chi connectivity index (χ0n) is 7.51. The highest BCUT2D eigenvalue weighted by atomic mass is 79.9. The minimum Gasteiger partial charge on any atom is -0.266 e. The highest BCUT2D eigenvalue weighted by Crippen LogP contribution is 2.34. The molecule has 16 heavy (non-hydrogen) atoms. The summed E-state index contributed by atoms with van der Waals surface area (Å²) in [5.74, 6) is -1.06. The molecule has 0 bridgehead atoms. The van der Waals surface area contributed by atoms with Gasteiger partial charge in [0.25, 0.3) is 5.91 Å². The summed E-state index contributed by atoms with van der Waals surface area (Å²) in [7, 11) is 0. The lowest BCUT2D eigenvalue weighted by atomic mass is 10.1. The Hall–Kier alpha value is -1.04. The molecule has 0 N–H and O–H groups in total. The van der Waals surface area contributed by atoms with Crippen LogP contribution < -0.4 is 0 Å². The number of alkyl halides is 3. The summed E-state index contributed by atoms with van der Waals surface area (Å²) >= 11 is 7.06. The maximum Gasteiger partial charge on any atom is 0.417 e. The van der Waals surface area contributed by atoms with E-state index in [0.717, 1.165) is 12.1 Å². The first-order chi connectivity index (χ1) is 7.36. The standard InChI is InChI=1S/C9H3BrF3NOS/c10-5-1-2-6(8(15)14-4-16)7(3-5)9(11,12)13/h1-3H. The van der Waals surface area contributed by atoms with Crippen molar-refractivity contribution >= 4 is 39.2 Å². The maximum atomic E-state index is 12.6. The van der Waals surface area contributed by atoms with E-state index in [-0.39, 0.29) is 4.47 Å². The SMILES string of the molecule is O=C(N=C=S)c1ccc(Br)cc1C(F)(F)F. The van der Waals surface area contributed by atoms with E-state index >= 15 is 0 Å². The van der Waals surface area contributed by atoms with Crippen molar-refractivity contribution in [3.8, 4) is 0 Å². The van der Waals surface area contributed by atoms with E-state index in [1.165, 1.54) is 6.07 Å². The summed E-state index contributed by atoms with van der Waals surface area (Å²) in [4.78, 5) is 14.2. The topological polar surface area (TPSA) is 29.4 Å². The van der Waals surface area contributed by atoms with Gasteiger partial charge in [-0.05, 0) is 30.4 Å². The fraction of sp³-hybridized carbons (Fsp3) is 0.111. The molecule has 0 aliphatic rings. The van der Waals surface area contributed by atoms with Crippen molar-refractivity contribution in [1.82, 2.24) is 0 Å². The van der Waals surface area contributed by atoms with Gasteiger partial charge in [0.15, 0.2) is 0 Å². The summed E-state index contributed by atoms with van der Waals surface area (Å²) in [6.45, 7) is 0. The summed E-state index contributed by atoms with van der Waals surface area (Å²) < 4.78 is 37.9. The molecule has 0 radical (unpaired) electrons. The Labute approximate surface area is 102 Å². The van der Waals surface area contributed by atoms with Crippen LogP contribution in [0.1, 0.15) is 15.9 Å². The average molecular weight is 310 g/mol. The van der Waals surface area contributed by atoms with Crippen molar-refractivity contribution in [3.63, 3.8) is 0 Å². The van der Waals surface area contributed by atoms with Crippen LogP contribution >= 0.6 is 28.1 Å². The van der Waals surface area contributed by atoms with Crippen LogP contribution in [-0.2, 0) is 6.18 Å². The average Bonchev–Trinajstić information content (AvgIpc) is 2.16. The first-order valence-electron chi connectivity index (χ1n) is 3.85. The minimum absolute atomic E-state index is 0.225. The van der Waals surface area contributed by atoms with Crippen LogP contribution in [0.5, 0.6) is 0 Å². The number of hydrogen-bond acceptors (Lipinski definition) is 2. The number of carbonyl (C=O) groups excluding carboxylic acids is 1. The van der Waals surface area contributed by atoms with Gasteiger partial charge < -0.3 is 0 Å². The van der Waals surface area contributed by atoms with Gasteiger partial charge in [0.05, 0.1) is 16.3 Å². The number of hydrogen-bond donors (Lipinski definition) is 0. The molecule has 0 unspecified atom stereocenters. The van der Waals surface area contributed by atoms with Gasteiger partial charge in [-0.2, -0.15) is 18.2 Å². The predicted molar refractivity (Wildman–Crippen MR) is 58.5 cm³/mol. The van der Waals surface area contributed by atoms with Crippen LogP contribution in [0, 0.1) is 0 Å². The van der Waals surface area contributed by atoms with Crippen molar-refractivity contribution < 1.29 is 18.0 Å². The van der Waals surface area contributed by atoms with Gasteiger partial charge in [0.2, 0.25) is 0 Å². The number of halogens is 4. The number of aliphatic imine (C=N–C) groups is 1. The zero-order chi connectivity index (χ0) is 12.3. The highest BCUT2D eigenvalue weighted by Gasteiger charge is 2.35. The molecular weight excluding hydrogens is 307 g/mol. The van der Waals surface area contributed by atoms with Crippen LogP contribution in [0.15, 0.2) is 27.7 Å². The lowest BCUT2D eigenvalue weighted by Gasteiger charge is -2.10. The maximum absolute atomic E-state index is 12.6. The third kappa shape index (κ3) is 2.98. The van der Waals surface area contributed by atoms with Crippen molar-refractivity contribution in [3.05, 3.63) is 33.8 Å². The molecule has 0 aliphatic carbocycles. The number of thiocarbonyl (C=S) groups is 1. The summed E-state index contributed by atoms with van der Waals surface area (Å²) in [5, 5.41) is 1.74. The van der Waals surface area contributed by atoms with Crippen LogP contribution in [-0.4, -0.2) is 11.1 Å². The molecule has 1 amide bonds. The Morgan fingerprint density at radius 3 is 2.56 bits per heavy atom. The Kier molecular flexibility index (Phi) is 3.96. The van der Waals surface area contributed by atoms with E-state index in [0.29, 0.717) is 0 Å². The normalized spacial score (nSPS) is 10.8. The first-order valence-corrected chi connectivity index (χ1v) is 5.05. The first kappa shape index (κ1) is 13.0. The van der Waals surface area contributed by atoms with Crippen LogP contribution in [0.2, 0.25) is 0 Å². The molecule has 0 saturated heterocycles. The van der Waals surface area contributed by atoms with E-state index < -0.39 is 23.2 Å². The fourth-order valence-corrected chi connectivity index (χ4v) is 1.48. The Balaban J connectivity index is 3.39. The van der Waals surface area contributed by atoms with Gasteiger partial charge in [-0.3, -0.25) is 4.79 Å². The Bertz CT molecular complexity index is 480. The summed E-state index contributed by atoms with van der Waals surface area (Å²) in [5.41, 5.74) is -1.60. The van der Waals surface area contributed by atoms with E-state index in [4.69, 9.17) is 0 Å². The molecule has 7 heteroatoms. The second kappa shape index (κ2) is 4.86. The quantitative estimate of drug-likeness (QED) is 0.584. The van der Waals surface area contributed by atoms with Crippen LogP contribution in [0.4, 0.5) is 13.2 Å². The largest absolute Gasteiger partial charge is 0.417 e. The van der Waals surface area contributed by atoms with Crippen molar-refractivity contribution in [2.45, 2.75) is 6.18 Å². The summed E-state index contributed by atoms with van der Waals surface area (Å²) in [6, 6.07) is 3.17. The van der Waals surface area contributed by atoms with E-state index in [1.807, 2.05) is 0 Å². The van der Waals surface area contributed by atoms with Gasteiger partial charge in [0, 0.05) is 4.47 Å². The lowest BCUT2D eigenvalue weighted by molar-refractivity contribution is -0.137. The molecule has 1 rings (SSSR count). The molecular formula is C9H3BrF3NOS. The van der Waals surface area contributed by atoms with Gasteiger partial charge in [-0.1, -0.05) is 15.9 Å². The number of benzene rings is 1. The number of carbonyl (C=O) groups is 1. The molecule has 0 atom stereocenters. The smallest absolute Gasteiger partial charge is 0.266 e. The molecule has 84 valence electrons.